The average Bonchev–Trinajstić information content (AvgIpc) is 3.25. The van der Waals surface area contributed by atoms with Gasteiger partial charge in [0.1, 0.15) is 29.6 Å². The van der Waals surface area contributed by atoms with E-state index in [2.05, 4.69) is 10.2 Å². The van der Waals surface area contributed by atoms with Crippen molar-refractivity contribution in [2.75, 3.05) is 38.6 Å². The van der Waals surface area contributed by atoms with Crippen LogP contribution in [0.4, 0.5) is 0 Å². The maximum Gasteiger partial charge on any atom is 0.273 e. The number of hydrogen-bond acceptors (Lipinski definition) is 8. The van der Waals surface area contributed by atoms with Gasteiger partial charge in [0.15, 0.2) is 5.82 Å². The number of aromatic nitrogens is 3. The van der Waals surface area contributed by atoms with E-state index in [-0.39, 0.29) is 12.5 Å². The Labute approximate surface area is 183 Å². The summed E-state index contributed by atoms with van der Waals surface area (Å²) in [5, 5.41) is 10.7. The molecule has 0 spiro atoms. The number of thioether (sulfide) groups is 1. The molecule has 9 nitrogen and oxygen atoms in total. The van der Waals surface area contributed by atoms with Gasteiger partial charge in [-0.15, -0.1) is 10.2 Å². The molecule has 0 bridgehead atoms. The van der Waals surface area contributed by atoms with E-state index in [1.807, 2.05) is 18.2 Å². The first kappa shape index (κ1) is 20.9. The van der Waals surface area contributed by atoms with Crippen molar-refractivity contribution in [3.05, 3.63) is 53.9 Å². The molecule has 1 aliphatic rings. The Kier molecular flexibility index (Phi) is 6.17. The van der Waals surface area contributed by atoms with Gasteiger partial charge in [0.25, 0.3) is 5.91 Å². The second-order valence-corrected chi connectivity index (χ2v) is 7.62. The molecule has 1 aromatic heterocycles. The van der Waals surface area contributed by atoms with Crippen molar-refractivity contribution in [2.24, 2.45) is 0 Å². The molecule has 10 heteroatoms. The van der Waals surface area contributed by atoms with E-state index in [4.69, 9.17) is 18.9 Å². The van der Waals surface area contributed by atoms with Gasteiger partial charge in [0.2, 0.25) is 5.16 Å². The summed E-state index contributed by atoms with van der Waals surface area (Å²) in [6.07, 6.45) is 0. The molecule has 162 valence electrons. The van der Waals surface area contributed by atoms with E-state index in [0.29, 0.717) is 51.8 Å². The zero-order chi connectivity index (χ0) is 21.8. The number of carbonyl (C=O) groups excluding carboxylic acids is 1. The Hall–Kier alpha value is -3.40. The predicted molar refractivity (Wildman–Crippen MR) is 115 cm³/mol. The number of fused-ring (bicyclic) bond motifs is 1. The van der Waals surface area contributed by atoms with E-state index in [1.165, 1.54) is 11.8 Å². The number of methoxy groups -OCH3 is 3. The molecule has 2 heterocycles. The highest BCUT2D eigenvalue weighted by Crippen LogP contribution is 2.27. The normalized spacial score (nSPS) is 12.8. The van der Waals surface area contributed by atoms with Crippen LogP contribution in [-0.2, 0) is 6.61 Å². The second kappa shape index (κ2) is 9.17. The summed E-state index contributed by atoms with van der Waals surface area (Å²) in [6.45, 7) is 0.645. The molecule has 0 aliphatic carbocycles. The summed E-state index contributed by atoms with van der Waals surface area (Å²) in [7, 11) is 4.70. The van der Waals surface area contributed by atoms with Crippen LogP contribution in [-0.4, -0.2) is 54.4 Å². The lowest BCUT2D eigenvalue weighted by molar-refractivity contribution is 0.0952. The van der Waals surface area contributed by atoms with Gasteiger partial charge in [-0.1, -0.05) is 17.8 Å². The van der Waals surface area contributed by atoms with Crippen LogP contribution in [0.25, 0.3) is 0 Å². The third kappa shape index (κ3) is 4.38. The monoisotopic (exact) mass is 442 g/mol. The molecule has 0 radical (unpaired) electrons. The van der Waals surface area contributed by atoms with Gasteiger partial charge >= 0.3 is 0 Å². The minimum absolute atomic E-state index is 0.145. The van der Waals surface area contributed by atoms with E-state index in [0.717, 1.165) is 0 Å². The first-order chi connectivity index (χ1) is 15.1. The summed E-state index contributed by atoms with van der Waals surface area (Å²) in [5.74, 6) is 3.44. The Morgan fingerprint density at radius 2 is 1.65 bits per heavy atom. The van der Waals surface area contributed by atoms with Gasteiger partial charge < -0.3 is 18.9 Å². The number of hydrogen-bond donors (Lipinski definition) is 0. The van der Waals surface area contributed by atoms with Gasteiger partial charge in [-0.05, 0) is 24.3 Å². The lowest BCUT2D eigenvalue weighted by Crippen LogP contribution is -2.45. The number of benzene rings is 2. The van der Waals surface area contributed by atoms with Crippen LogP contribution in [0.2, 0.25) is 0 Å². The topological polar surface area (TPSA) is 87.9 Å². The summed E-state index contributed by atoms with van der Waals surface area (Å²) in [6, 6.07) is 12.4. The largest absolute Gasteiger partial charge is 0.497 e. The van der Waals surface area contributed by atoms with Crippen molar-refractivity contribution in [1.29, 1.82) is 0 Å². The summed E-state index contributed by atoms with van der Waals surface area (Å²) in [4.78, 5) is 13.4. The molecule has 4 rings (SSSR count). The highest BCUT2D eigenvalue weighted by atomic mass is 32.2. The Morgan fingerprint density at radius 1 is 0.968 bits per heavy atom. The minimum Gasteiger partial charge on any atom is -0.497 e. The van der Waals surface area contributed by atoms with Crippen LogP contribution in [0.1, 0.15) is 16.2 Å². The molecule has 3 aromatic rings. The van der Waals surface area contributed by atoms with E-state index >= 15 is 0 Å². The highest BCUT2D eigenvalue weighted by Gasteiger charge is 2.29. The lowest BCUT2D eigenvalue weighted by atomic mass is 10.2. The molecule has 1 amide bonds. The quantitative estimate of drug-likeness (QED) is 0.552. The third-order valence-electron chi connectivity index (χ3n) is 4.69. The predicted octanol–water partition coefficient (Wildman–Crippen LogP) is 2.77. The number of carbonyl (C=O) groups is 1. The molecule has 0 saturated heterocycles. The molecule has 2 aromatic carbocycles. The van der Waals surface area contributed by atoms with E-state index in [1.54, 1.807) is 55.3 Å². The van der Waals surface area contributed by atoms with Crippen LogP contribution in [0.15, 0.2) is 47.6 Å². The zero-order valence-electron chi connectivity index (χ0n) is 17.4. The van der Waals surface area contributed by atoms with Crippen LogP contribution in [0, 0.1) is 0 Å². The van der Waals surface area contributed by atoms with Crippen LogP contribution >= 0.6 is 11.8 Å². The standard InChI is InChI=1S/C21H22N4O5S/c1-27-15-5-4-6-16(11-15)30-13-19-22-23-21-25(19)24(7-8-31-21)20(26)14-9-17(28-2)12-18(10-14)29-3/h4-6,9-12H,7-8,13H2,1-3H3. The van der Waals surface area contributed by atoms with E-state index in [9.17, 15) is 4.79 Å². The van der Waals surface area contributed by atoms with Crippen molar-refractivity contribution in [3.8, 4) is 23.0 Å². The fourth-order valence-electron chi connectivity index (χ4n) is 3.15. The average molecular weight is 442 g/mol. The molecule has 0 saturated carbocycles. The maximum absolute atomic E-state index is 13.4. The van der Waals surface area contributed by atoms with Gasteiger partial charge in [-0.3, -0.25) is 4.79 Å². The van der Waals surface area contributed by atoms with Gasteiger partial charge in [0, 0.05) is 23.4 Å². The second-order valence-electron chi connectivity index (χ2n) is 6.56. The van der Waals surface area contributed by atoms with Gasteiger partial charge in [-0.25, -0.2) is 9.69 Å². The Morgan fingerprint density at radius 3 is 2.35 bits per heavy atom. The summed E-state index contributed by atoms with van der Waals surface area (Å²) < 4.78 is 23.4. The van der Waals surface area contributed by atoms with Crippen molar-refractivity contribution in [3.63, 3.8) is 0 Å². The van der Waals surface area contributed by atoms with E-state index < -0.39 is 0 Å². The summed E-state index contributed by atoms with van der Waals surface area (Å²) >= 11 is 1.54. The van der Waals surface area contributed by atoms with Gasteiger partial charge in [-0.2, -0.15) is 0 Å². The molecular weight excluding hydrogens is 420 g/mol. The number of nitrogens with zero attached hydrogens (tertiary/aromatic N) is 4. The van der Waals surface area contributed by atoms with Crippen molar-refractivity contribution in [1.82, 2.24) is 14.9 Å². The molecule has 31 heavy (non-hydrogen) atoms. The Balaban J connectivity index is 1.60. The maximum atomic E-state index is 13.4. The lowest BCUT2D eigenvalue weighted by Gasteiger charge is -2.29. The summed E-state index contributed by atoms with van der Waals surface area (Å²) in [5.41, 5.74) is 0.447. The zero-order valence-corrected chi connectivity index (χ0v) is 18.2. The van der Waals surface area contributed by atoms with Gasteiger partial charge in [0.05, 0.1) is 27.9 Å². The number of rotatable bonds is 7. The highest BCUT2D eigenvalue weighted by molar-refractivity contribution is 7.99. The minimum atomic E-state index is -0.207. The number of ether oxygens (including phenoxy) is 4. The molecule has 0 fully saturated rings. The third-order valence-corrected chi connectivity index (χ3v) is 5.59. The van der Waals surface area contributed by atoms with Crippen LogP contribution in [0.3, 0.4) is 0 Å². The SMILES string of the molecule is COc1cccc(OCc2nnc3n2N(C(=O)c2cc(OC)cc(OC)c2)CCS3)c1. The van der Waals surface area contributed by atoms with Crippen molar-refractivity contribution < 1.29 is 23.7 Å². The smallest absolute Gasteiger partial charge is 0.273 e. The fourth-order valence-corrected chi connectivity index (χ4v) is 4.02. The first-order valence-electron chi connectivity index (χ1n) is 9.52. The van der Waals surface area contributed by atoms with Crippen molar-refractivity contribution >= 4 is 17.7 Å². The molecule has 0 atom stereocenters. The first-order valence-corrected chi connectivity index (χ1v) is 10.5. The molecule has 0 unspecified atom stereocenters. The molecule has 1 aliphatic heterocycles. The molecule has 0 N–H and O–H groups in total. The fraction of sp³-hybridized carbons (Fsp3) is 0.286. The Bertz CT molecular complexity index is 1070. The molecular formula is C21H22N4O5S. The number of amides is 1. The van der Waals surface area contributed by atoms with Crippen LogP contribution in [0.5, 0.6) is 23.0 Å². The van der Waals surface area contributed by atoms with Crippen LogP contribution < -0.4 is 24.0 Å². The van der Waals surface area contributed by atoms with Crippen molar-refractivity contribution in [2.45, 2.75) is 11.8 Å².